The number of nitrogens with one attached hydrogen (secondary N) is 1. The average molecular weight is 301 g/mol. The molecule has 0 aromatic heterocycles. The molecule has 0 aliphatic rings. The molecule has 0 bridgehead atoms. The van der Waals surface area contributed by atoms with Crippen molar-refractivity contribution >= 4 is 10.8 Å². The van der Waals surface area contributed by atoms with Crippen LogP contribution in [0.4, 0.5) is 0 Å². The van der Waals surface area contributed by atoms with E-state index < -0.39 is 10.8 Å². The highest BCUT2D eigenvalue weighted by Gasteiger charge is 2.13. The lowest BCUT2D eigenvalue weighted by molar-refractivity contribution is 0.594. The van der Waals surface area contributed by atoms with E-state index in [9.17, 15) is 4.21 Å². The quantitative estimate of drug-likeness (QED) is 0.843. The second-order valence-corrected chi connectivity index (χ2v) is 6.78. The standard InChI is InChI=1S/C18H23NOS/c1-3-19-18(14-21(20)4-2)17-12-10-16(11-13-17)15-8-6-5-7-9-15/h5-13,18-19H,3-4,14H2,1-2H3. The van der Waals surface area contributed by atoms with Gasteiger partial charge in [0.2, 0.25) is 0 Å². The molecule has 0 saturated heterocycles. The molecule has 0 heterocycles. The molecule has 0 radical (unpaired) electrons. The minimum absolute atomic E-state index is 0.167. The first-order chi connectivity index (χ1) is 10.2. The lowest BCUT2D eigenvalue weighted by atomic mass is 10.0. The molecule has 0 aliphatic carbocycles. The number of hydrogen-bond acceptors (Lipinski definition) is 2. The van der Waals surface area contributed by atoms with Crippen molar-refractivity contribution in [2.75, 3.05) is 18.1 Å². The van der Waals surface area contributed by atoms with Gasteiger partial charge < -0.3 is 5.32 Å². The molecular weight excluding hydrogens is 278 g/mol. The van der Waals surface area contributed by atoms with Crippen LogP contribution in [0.5, 0.6) is 0 Å². The highest BCUT2D eigenvalue weighted by molar-refractivity contribution is 7.84. The van der Waals surface area contributed by atoms with Crippen LogP contribution in [0.3, 0.4) is 0 Å². The summed E-state index contributed by atoms with van der Waals surface area (Å²) < 4.78 is 11.8. The number of hydrogen-bond donors (Lipinski definition) is 1. The highest BCUT2D eigenvalue weighted by atomic mass is 32.2. The maximum atomic E-state index is 11.8. The minimum Gasteiger partial charge on any atom is -0.309 e. The van der Waals surface area contributed by atoms with E-state index in [4.69, 9.17) is 0 Å². The van der Waals surface area contributed by atoms with E-state index in [0.717, 1.165) is 6.54 Å². The third-order valence-electron chi connectivity index (χ3n) is 3.55. The van der Waals surface area contributed by atoms with Crippen molar-refractivity contribution in [1.29, 1.82) is 0 Å². The molecule has 2 rings (SSSR count). The van der Waals surface area contributed by atoms with Gasteiger partial charge in [-0.2, -0.15) is 0 Å². The van der Waals surface area contributed by atoms with Gasteiger partial charge in [0.1, 0.15) is 0 Å². The Morgan fingerprint density at radius 2 is 1.57 bits per heavy atom. The normalized spacial score (nSPS) is 13.8. The van der Waals surface area contributed by atoms with Crippen LogP contribution in [0.2, 0.25) is 0 Å². The summed E-state index contributed by atoms with van der Waals surface area (Å²) in [5.41, 5.74) is 3.64. The zero-order chi connectivity index (χ0) is 15.1. The third-order valence-corrected chi connectivity index (χ3v) is 4.89. The van der Waals surface area contributed by atoms with Crippen LogP contribution in [-0.2, 0) is 10.8 Å². The van der Waals surface area contributed by atoms with Crippen LogP contribution in [0, 0.1) is 0 Å². The molecule has 0 saturated carbocycles. The van der Waals surface area contributed by atoms with Gasteiger partial charge in [-0.05, 0) is 23.2 Å². The highest BCUT2D eigenvalue weighted by Crippen LogP contribution is 2.22. The van der Waals surface area contributed by atoms with E-state index in [0.29, 0.717) is 11.5 Å². The number of benzene rings is 2. The van der Waals surface area contributed by atoms with Crippen LogP contribution in [0.15, 0.2) is 54.6 Å². The van der Waals surface area contributed by atoms with E-state index >= 15 is 0 Å². The summed E-state index contributed by atoms with van der Waals surface area (Å²) >= 11 is 0. The smallest absolute Gasteiger partial charge is 0.0436 e. The van der Waals surface area contributed by atoms with Gasteiger partial charge in [-0.15, -0.1) is 0 Å². The van der Waals surface area contributed by atoms with Crippen LogP contribution in [-0.4, -0.2) is 22.3 Å². The van der Waals surface area contributed by atoms with Gasteiger partial charge in [-0.25, -0.2) is 0 Å². The van der Waals surface area contributed by atoms with Crippen molar-refractivity contribution in [1.82, 2.24) is 5.32 Å². The zero-order valence-electron chi connectivity index (χ0n) is 12.7. The van der Waals surface area contributed by atoms with Crippen molar-refractivity contribution in [3.05, 3.63) is 60.2 Å². The summed E-state index contributed by atoms with van der Waals surface area (Å²) in [4.78, 5) is 0. The van der Waals surface area contributed by atoms with Gasteiger partial charge in [-0.1, -0.05) is 68.4 Å². The van der Waals surface area contributed by atoms with Crippen molar-refractivity contribution < 1.29 is 4.21 Å². The molecule has 0 spiro atoms. The van der Waals surface area contributed by atoms with E-state index in [2.05, 4.69) is 60.8 Å². The Balaban J connectivity index is 2.17. The molecule has 2 nitrogen and oxygen atoms in total. The van der Waals surface area contributed by atoms with Crippen molar-refractivity contribution in [2.24, 2.45) is 0 Å². The Kier molecular flexibility index (Phi) is 6.15. The summed E-state index contributed by atoms with van der Waals surface area (Å²) in [5, 5.41) is 3.43. The Labute approximate surface area is 130 Å². The lowest BCUT2D eigenvalue weighted by Crippen LogP contribution is -2.26. The molecule has 0 aliphatic heterocycles. The first kappa shape index (κ1) is 15.9. The Morgan fingerprint density at radius 3 is 2.14 bits per heavy atom. The fraction of sp³-hybridized carbons (Fsp3) is 0.333. The molecule has 0 fully saturated rings. The van der Waals surface area contributed by atoms with Gasteiger partial charge in [0, 0.05) is 28.3 Å². The monoisotopic (exact) mass is 301 g/mol. The van der Waals surface area contributed by atoms with Gasteiger partial charge in [-0.3, -0.25) is 4.21 Å². The largest absolute Gasteiger partial charge is 0.309 e. The van der Waals surface area contributed by atoms with Crippen molar-refractivity contribution in [3.8, 4) is 11.1 Å². The predicted molar refractivity (Wildman–Crippen MR) is 91.8 cm³/mol. The molecule has 2 atom stereocenters. The van der Waals surface area contributed by atoms with Crippen molar-refractivity contribution in [3.63, 3.8) is 0 Å². The summed E-state index contributed by atoms with van der Waals surface area (Å²) in [6.07, 6.45) is 0. The first-order valence-electron chi connectivity index (χ1n) is 7.48. The fourth-order valence-corrected chi connectivity index (χ4v) is 3.28. The van der Waals surface area contributed by atoms with Crippen LogP contribution >= 0.6 is 0 Å². The summed E-state index contributed by atoms with van der Waals surface area (Å²) in [6, 6.07) is 19.1. The minimum atomic E-state index is -0.763. The molecule has 3 heteroatoms. The van der Waals surface area contributed by atoms with E-state index in [1.54, 1.807) is 0 Å². The summed E-state index contributed by atoms with van der Waals surface area (Å²) in [7, 11) is -0.763. The van der Waals surface area contributed by atoms with Gasteiger partial charge in [0.25, 0.3) is 0 Å². The summed E-state index contributed by atoms with van der Waals surface area (Å²) in [5.74, 6) is 1.39. The first-order valence-corrected chi connectivity index (χ1v) is 8.97. The maximum absolute atomic E-state index is 11.8. The van der Waals surface area contributed by atoms with Gasteiger partial charge >= 0.3 is 0 Å². The zero-order valence-corrected chi connectivity index (χ0v) is 13.5. The topological polar surface area (TPSA) is 29.1 Å². The molecule has 1 N–H and O–H groups in total. The lowest BCUT2D eigenvalue weighted by Gasteiger charge is -2.18. The fourth-order valence-electron chi connectivity index (χ4n) is 2.36. The van der Waals surface area contributed by atoms with Gasteiger partial charge in [0.05, 0.1) is 0 Å². The molecule has 0 amide bonds. The van der Waals surface area contributed by atoms with Gasteiger partial charge in [0.15, 0.2) is 0 Å². The summed E-state index contributed by atoms with van der Waals surface area (Å²) in [6.45, 7) is 4.93. The van der Waals surface area contributed by atoms with E-state index in [1.165, 1.54) is 16.7 Å². The molecule has 2 unspecified atom stereocenters. The van der Waals surface area contributed by atoms with E-state index in [-0.39, 0.29) is 6.04 Å². The Hall–Kier alpha value is -1.45. The number of rotatable bonds is 7. The molecule has 21 heavy (non-hydrogen) atoms. The second kappa shape index (κ2) is 8.11. The average Bonchev–Trinajstić information content (AvgIpc) is 2.55. The van der Waals surface area contributed by atoms with Crippen LogP contribution < -0.4 is 5.32 Å². The molecule has 2 aromatic carbocycles. The third kappa shape index (κ3) is 4.51. The van der Waals surface area contributed by atoms with E-state index in [1.807, 2.05) is 13.0 Å². The SMILES string of the molecule is CCNC(CS(=O)CC)c1ccc(-c2ccccc2)cc1. The maximum Gasteiger partial charge on any atom is 0.0436 e. The van der Waals surface area contributed by atoms with Crippen LogP contribution in [0.25, 0.3) is 11.1 Å². The molecule has 2 aromatic rings. The second-order valence-electron chi connectivity index (χ2n) is 4.99. The molecule has 112 valence electrons. The Bertz CT molecular complexity index is 566. The van der Waals surface area contributed by atoms with Crippen LogP contribution in [0.1, 0.15) is 25.5 Å². The Morgan fingerprint density at radius 1 is 0.952 bits per heavy atom. The van der Waals surface area contributed by atoms with Crippen molar-refractivity contribution in [2.45, 2.75) is 19.9 Å². The predicted octanol–water partition coefficient (Wildman–Crippen LogP) is 3.77. The molecular formula is C18H23NOS.